The van der Waals surface area contributed by atoms with Crippen molar-refractivity contribution in [3.63, 3.8) is 0 Å². The van der Waals surface area contributed by atoms with E-state index in [1.54, 1.807) is 0 Å². The summed E-state index contributed by atoms with van der Waals surface area (Å²) in [6.07, 6.45) is 39.1. The number of rotatable bonds is 31. The molecule has 1 unspecified atom stereocenters. The Labute approximate surface area is 282 Å². The van der Waals surface area contributed by atoms with E-state index in [1.807, 2.05) is 37.3 Å². The molecule has 0 aliphatic carbocycles. The van der Waals surface area contributed by atoms with Gasteiger partial charge in [-0.1, -0.05) is 152 Å². The molecule has 2 N–H and O–H groups in total. The molecule has 0 rings (SSSR count). The number of carbonyl (C=O) groups is 2. The van der Waals surface area contributed by atoms with E-state index in [0.29, 0.717) is 19.3 Å². The number of ether oxygens (including phenoxy) is 2. The minimum absolute atomic E-state index is 0.109. The first-order valence-corrected chi connectivity index (χ1v) is 18.3. The second kappa shape index (κ2) is 33.9. The van der Waals surface area contributed by atoms with Crippen LogP contribution < -0.4 is 0 Å². The third-order valence-electron chi connectivity index (χ3n) is 7.58. The van der Waals surface area contributed by atoms with Crippen molar-refractivity contribution in [3.05, 3.63) is 60.8 Å². The van der Waals surface area contributed by atoms with E-state index >= 15 is 0 Å². The van der Waals surface area contributed by atoms with Gasteiger partial charge >= 0.3 is 11.9 Å². The lowest BCUT2D eigenvalue weighted by Gasteiger charge is -2.15. The maximum atomic E-state index is 12.1. The molecule has 0 heterocycles. The number of aliphatic hydroxyl groups excluding tert-OH is 2. The highest BCUT2D eigenvalue weighted by Crippen LogP contribution is 2.14. The van der Waals surface area contributed by atoms with Gasteiger partial charge in [0, 0.05) is 12.8 Å². The van der Waals surface area contributed by atoms with Crippen molar-refractivity contribution in [2.75, 3.05) is 13.2 Å². The zero-order valence-electron chi connectivity index (χ0n) is 29.6. The summed E-state index contributed by atoms with van der Waals surface area (Å²) in [6.45, 7) is 6.17. The van der Waals surface area contributed by atoms with Crippen LogP contribution in [0, 0.1) is 5.92 Å². The van der Waals surface area contributed by atoms with Crippen molar-refractivity contribution in [1.29, 1.82) is 0 Å². The Morgan fingerprint density at radius 2 is 1.24 bits per heavy atom. The number of allylic oxidation sites excluding steroid dienone is 8. The summed E-state index contributed by atoms with van der Waals surface area (Å²) in [5, 5.41) is 19.2. The lowest BCUT2D eigenvalue weighted by molar-refractivity contribution is -0.161. The fourth-order valence-corrected chi connectivity index (χ4v) is 4.79. The molecule has 0 aromatic rings. The molecular weight excluding hydrogens is 576 g/mol. The van der Waals surface area contributed by atoms with Gasteiger partial charge < -0.3 is 19.7 Å². The Kier molecular flexibility index (Phi) is 32.1. The second-order valence-corrected chi connectivity index (χ2v) is 12.6. The van der Waals surface area contributed by atoms with E-state index in [4.69, 9.17) is 9.47 Å². The molecule has 0 amide bonds. The highest BCUT2D eigenvalue weighted by Gasteiger charge is 2.16. The summed E-state index contributed by atoms with van der Waals surface area (Å²) in [5.74, 6) is 0.138. The van der Waals surface area contributed by atoms with Gasteiger partial charge in [0.1, 0.15) is 6.61 Å². The number of hydrogen-bond acceptors (Lipinski definition) is 6. The van der Waals surface area contributed by atoms with Gasteiger partial charge in [-0.2, -0.15) is 0 Å². The fraction of sp³-hybridized carbons (Fsp3) is 0.700. The molecule has 0 fully saturated rings. The first kappa shape index (κ1) is 43.6. The fourth-order valence-electron chi connectivity index (χ4n) is 4.79. The van der Waals surface area contributed by atoms with Gasteiger partial charge in [-0.05, 0) is 50.9 Å². The smallest absolute Gasteiger partial charge is 0.306 e. The summed E-state index contributed by atoms with van der Waals surface area (Å²) >= 11 is 0. The van der Waals surface area contributed by atoms with Crippen LogP contribution in [-0.4, -0.2) is 47.6 Å². The molecule has 0 spiro atoms. The number of carbonyl (C=O) groups excluding carboxylic acids is 2. The Bertz CT molecular complexity index is 854. The van der Waals surface area contributed by atoms with Crippen LogP contribution in [-0.2, 0) is 19.1 Å². The van der Waals surface area contributed by atoms with Crippen LogP contribution in [0.25, 0.3) is 0 Å². The highest BCUT2D eigenvalue weighted by atomic mass is 16.6. The minimum Gasteiger partial charge on any atom is -0.462 e. The third kappa shape index (κ3) is 32.9. The van der Waals surface area contributed by atoms with Gasteiger partial charge in [0.05, 0.1) is 12.7 Å². The quantitative estimate of drug-likeness (QED) is 0.0338. The molecule has 0 radical (unpaired) electrons. The van der Waals surface area contributed by atoms with E-state index in [0.717, 1.165) is 50.9 Å². The Morgan fingerprint density at radius 3 is 1.87 bits per heavy atom. The standard InChI is InChI=1S/C40H68O6/c1-4-5-30-37(42)31-26-22-18-14-10-6-7-11-15-19-23-27-32-39(43)45-35-38(34-41)46-40(44)33-28-24-20-16-12-8-9-13-17-21-25-29-36(2)3/h5-7,14-15,18-19,22,26,30,36-38,41-42H,4,8-13,16-17,20-21,23-25,27-29,31-35H2,1-3H3/b7-6-,18-14-,19-15-,26-22+,30-5-/t37?,38-/m0/s1. The monoisotopic (exact) mass is 645 g/mol. The van der Waals surface area contributed by atoms with Crippen molar-refractivity contribution in [3.8, 4) is 0 Å². The Balaban J connectivity index is 3.73. The molecule has 264 valence electrons. The Hall–Kier alpha value is -2.44. The van der Waals surface area contributed by atoms with Gasteiger partial charge in [0.2, 0.25) is 0 Å². The average molecular weight is 645 g/mol. The maximum Gasteiger partial charge on any atom is 0.306 e. The van der Waals surface area contributed by atoms with Gasteiger partial charge in [0.25, 0.3) is 0 Å². The number of hydrogen-bond donors (Lipinski definition) is 2. The molecule has 0 saturated carbocycles. The normalized spacial score (nSPS) is 13.7. The van der Waals surface area contributed by atoms with Crippen molar-refractivity contribution in [2.24, 2.45) is 5.92 Å². The first-order valence-electron chi connectivity index (χ1n) is 18.3. The maximum absolute atomic E-state index is 12.1. The van der Waals surface area contributed by atoms with Crippen LogP contribution in [0.1, 0.15) is 149 Å². The zero-order valence-corrected chi connectivity index (χ0v) is 29.6. The first-order chi connectivity index (χ1) is 22.4. The predicted octanol–water partition coefficient (Wildman–Crippen LogP) is 10.1. The summed E-state index contributed by atoms with van der Waals surface area (Å²) < 4.78 is 10.5. The average Bonchev–Trinajstić information content (AvgIpc) is 3.04. The SMILES string of the molecule is CC/C=C\C(O)C/C=C/C=C\C/C=C\C/C=C\CCCC(=O)OC[C@H](CO)OC(=O)CCCCCCCCCCCCCC(C)C. The third-order valence-corrected chi connectivity index (χ3v) is 7.58. The molecule has 0 aliphatic rings. The van der Waals surface area contributed by atoms with E-state index < -0.39 is 12.2 Å². The van der Waals surface area contributed by atoms with Gasteiger partial charge in [0.15, 0.2) is 6.10 Å². The van der Waals surface area contributed by atoms with Gasteiger partial charge in [-0.15, -0.1) is 0 Å². The lowest BCUT2D eigenvalue weighted by Crippen LogP contribution is -2.28. The van der Waals surface area contributed by atoms with Crippen LogP contribution in [0.3, 0.4) is 0 Å². The van der Waals surface area contributed by atoms with Crippen molar-refractivity contribution >= 4 is 11.9 Å². The van der Waals surface area contributed by atoms with Crippen LogP contribution in [0.5, 0.6) is 0 Å². The molecule has 46 heavy (non-hydrogen) atoms. The Morgan fingerprint density at radius 1 is 0.674 bits per heavy atom. The van der Waals surface area contributed by atoms with Crippen LogP contribution in [0.4, 0.5) is 0 Å². The van der Waals surface area contributed by atoms with Crippen LogP contribution in [0.15, 0.2) is 60.8 Å². The topological polar surface area (TPSA) is 93.1 Å². The number of aliphatic hydroxyl groups is 2. The molecule has 2 atom stereocenters. The van der Waals surface area contributed by atoms with E-state index in [9.17, 15) is 19.8 Å². The van der Waals surface area contributed by atoms with Gasteiger partial charge in [-0.25, -0.2) is 0 Å². The van der Waals surface area contributed by atoms with Crippen molar-refractivity contribution in [1.82, 2.24) is 0 Å². The molecule has 0 saturated heterocycles. The molecule has 0 aromatic carbocycles. The molecule has 0 bridgehead atoms. The minimum atomic E-state index is -0.805. The summed E-state index contributed by atoms with van der Waals surface area (Å²) in [4.78, 5) is 24.2. The zero-order chi connectivity index (χ0) is 33.9. The van der Waals surface area contributed by atoms with E-state index in [-0.39, 0.29) is 31.6 Å². The summed E-state index contributed by atoms with van der Waals surface area (Å²) in [5.41, 5.74) is 0. The second-order valence-electron chi connectivity index (χ2n) is 12.6. The highest BCUT2D eigenvalue weighted by molar-refractivity contribution is 5.70. The molecule has 0 aromatic heterocycles. The van der Waals surface area contributed by atoms with E-state index in [2.05, 4.69) is 44.2 Å². The van der Waals surface area contributed by atoms with Crippen molar-refractivity contribution in [2.45, 2.75) is 161 Å². The predicted molar refractivity (Wildman–Crippen MR) is 192 cm³/mol. The summed E-state index contributed by atoms with van der Waals surface area (Å²) in [7, 11) is 0. The molecule has 0 aliphatic heterocycles. The van der Waals surface area contributed by atoms with Crippen LogP contribution in [0.2, 0.25) is 0 Å². The molecule has 6 nitrogen and oxygen atoms in total. The lowest BCUT2D eigenvalue weighted by atomic mass is 10.0. The van der Waals surface area contributed by atoms with E-state index in [1.165, 1.54) is 57.8 Å². The molecular formula is C40H68O6. The summed E-state index contributed by atoms with van der Waals surface area (Å²) in [6, 6.07) is 0. The van der Waals surface area contributed by atoms with Gasteiger partial charge in [-0.3, -0.25) is 9.59 Å². The number of unbranched alkanes of at least 4 members (excludes halogenated alkanes) is 11. The molecule has 6 heteroatoms. The number of esters is 2. The van der Waals surface area contributed by atoms with Crippen molar-refractivity contribution < 1.29 is 29.3 Å². The van der Waals surface area contributed by atoms with Crippen LogP contribution >= 0.6 is 0 Å². The largest absolute Gasteiger partial charge is 0.462 e.